The summed E-state index contributed by atoms with van der Waals surface area (Å²) in [5, 5.41) is 9.28. The summed E-state index contributed by atoms with van der Waals surface area (Å²) in [6.07, 6.45) is 4.21. The smallest absolute Gasteiger partial charge is 0.157 e. The molecule has 0 aromatic heterocycles. The number of halogens is 2. The fraction of sp³-hybridized carbons (Fsp3) is 0.500. The van der Waals surface area contributed by atoms with E-state index in [-0.39, 0.29) is 22.3 Å². The Morgan fingerprint density at radius 3 is 2.80 bits per heavy atom. The summed E-state index contributed by atoms with van der Waals surface area (Å²) in [5.41, 5.74) is 0.118. The van der Waals surface area contributed by atoms with E-state index < -0.39 is 11.7 Å². The van der Waals surface area contributed by atoms with Gasteiger partial charge in [0.1, 0.15) is 11.7 Å². The number of carbonyl (C=O) groups is 1. The van der Waals surface area contributed by atoms with Crippen LogP contribution in [0, 0.1) is 34.9 Å². The van der Waals surface area contributed by atoms with Crippen LogP contribution in [-0.2, 0) is 4.79 Å². The minimum Gasteiger partial charge on any atom is -0.298 e. The molecule has 2 fully saturated rings. The molecule has 0 spiro atoms. The standard InChI is InChI=1S/C16H15ClFNO/c17-14-3-1-2-11(15(14)18)13(8-19)16(20)12-7-9-4-5-10(12)6-9/h1-3,9-10,12-13H,4-7H2. The number of carbonyl (C=O) groups excluding carboxylic acids is 1. The van der Waals surface area contributed by atoms with Gasteiger partial charge in [-0.2, -0.15) is 5.26 Å². The first-order valence-electron chi connectivity index (χ1n) is 6.99. The highest BCUT2D eigenvalue weighted by molar-refractivity contribution is 6.30. The lowest BCUT2D eigenvalue weighted by molar-refractivity contribution is -0.124. The molecule has 0 heterocycles. The predicted octanol–water partition coefficient (Wildman–Crippen LogP) is 4.09. The van der Waals surface area contributed by atoms with Gasteiger partial charge in [-0.3, -0.25) is 4.79 Å². The largest absolute Gasteiger partial charge is 0.298 e. The van der Waals surface area contributed by atoms with E-state index in [4.69, 9.17) is 11.6 Å². The summed E-state index contributed by atoms with van der Waals surface area (Å²) in [6, 6.07) is 6.47. The van der Waals surface area contributed by atoms with Gasteiger partial charge in [-0.15, -0.1) is 0 Å². The third kappa shape index (κ3) is 2.13. The third-order valence-electron chi connectivity index (χ3n) is 4.81. The van der Waals surface area contributed by atoms with Crippen molar-refractivity contribution in [3.8, 4) is 6.07 Å². The van der Waals surface area contributed by atoms with Gasteiger partial charge in [-0.05, 0) is 37.2 Å². The maximum atomic E-state index is 14.0. The number of nitrogens with zero attached hydrogens (tertiary/aromatic N) is 1. The molecule has 2 aliphatic rings. The molecule has 20 heavy (non-hydrogen) atoms. The van der Waals surface area contributed by atoms with Crippen molar-refractivity contribution in [1.29, 1.82) is 5.26 Å². The number of nitriles is 1. The molecule has 2 aliphatic carbocycles. The first-order chi connectivity index (χ1) is 9.61. The first kappa shape index (κ1) is 13.6. The number of hydrogen-bond donors (Lipinski definition) is 0. The number of ketones is 1. The van der Waals surface area contributed by atoms with Crippen LogP contribution in [0.15, 0.2) is 18.2 Å². The predicted molar refractivity (Wildman–Crippen MR) is 73.7 cm³/mol. The van der Waals surface area contributed by atoms with Gasteiger partial charge in [0.2, 0.25) is 0 Å². The average Bonchev–Trinajstić information content (AvgIpc) is 3.06. The minimum absolute atomic E-state index is 0.0384. The van der Waals surface area contributed by atoms with Gasteiger partial charge in [0.15, 0.2) is 5.78 Å². The monoisotopic (exact) mass is 291 g/mol. The van der Waals surface area contributed by atoms with Crippen molar-refractivity contribution in [3.63, 3.8) is 0 Å². The van der Waals surface area contributed by atoms with Gasteiger partial charge in [-0.25, -0.2) is 4.39 Å². The van der Waals surface area contributed by atoms with E-state index in [1.54, 1.807) is 6.07 Å². The van der Waals surface area contributed by atoms with Crippen LogP contribution >= 0.6 is 11.6 Å². The molecule has 2 nitrogen and oxygen atoms in total. The van der Waals surface area contributed by atoms with Gasteiger partial charge in [-0.1, -0.05) is 30.2 Å². The van der Waals surface area contributed by atoms with Gasteiger partial charge >= 0.3 is 0 Å². The summed E-state index contributed by atoms with van der Waals surface area (Å²) in [7, 11) is 0. The van der Waals surface area contributed by atoms with E-state index >= 15 is 0 Å². The zero-order chi connectivity index (χ0) is 14.3. The van der Waals surface area contributed by atoms with E-state index in [2.05, 4.69) is 0 Å². The molecule has 1 aromatic rings. The molecule has 2 saturated carbocycles. The second-order valence-corrected chi connectivity index (χ2v) is 6.30. The molecule has 2 bridgehead atoms. The second-order valence-electron chi connectivity index (χ2n) is 5.89. The van der Waals surface area contributed by atoms with E-state index in [1.165, 1.54) is 18.6 Å². The number of Topliss-reactive ketones (excluding diaryl/α,β-unsaturated/α-hetero) is 1. The molecule has 4 atom stereocenters. The van der Waals surface area contributed by atoms with E-state index in [9.17, 15) is 14.4 Å². The molecule has 1 aromatic carbocycles. The van der Waals surface area contributed by atoms with Crippen molar-refractivity contribution in [1.82, 2.24) is 0 Å². The highest BCUT2D eigenvalue weighted by Gasteiger charge is 2.45. The molecule has 0 N–H and O–H groups in total. The van der Waals surface area contributed by atoms with Crippen LogP contribution in [0.4, 0.5) is 4.39 Å². The SMILES string of the molecule is N#CC(C(=O)C1CC2CCC1C2)c1cccc(Cl)c1F. The molecule has 3 rings (SSSR count). The van der Waals surface area contributed by atoms with Crippen LogP contribution in [-0.4, -0.2) is 5.78 Å². The van der Waals surface area contributed by atoms with E-state index in [0.29, 0.717) is 11.8 Å². The molecule has 0 saturated heterocycles. The Balaban J connectivity index is 1.89. The quantitative estimate of drug-likeness (QED) is 0.841. The fourth-order valence-electron chi connectivity index (χ4n) is 3.84. The molecule has 4 heteroatoms. The average molecular weight is 292 g/mol. The Morgan fingerprint density at radius 2 is 2.20 bits per heavy atom. The zero-order valence-corrected chi connectivity index (χ0v) is 11.7. The summed E-state index contributed by atoms with van der Waals surface area (Å²) in [4.78, 5) is 12.6. The van der Waals surface area contributed by atoms with Gasteiger partial charge in [0, 0.05) is 11.5 Å². The Labute approximate surface area is 122 Å². The first-order valence-corrected chi connectivity index (χ1v) is 7.37. The van der Waals surface area contributed by atoms with E-state index in [1.807, 2.05) is 6.07 Å². The Bertz CT molecular complexity index is 595. The normalized spacial score (nSPS) is 29.1. The van der Waals surface area contributed by atoms with Crippen LogP contribution in [0.25, 0.3) is 0 Å². The summed E-state index contributed by atoms with van der Waals surface area (Å²) >= 11 is 5.75. The van der Waals surface area contributed by atoms with Crippen molar-refractivity contribution in [2.75, 3.05) is 0 Å². The second kappa shape index (κ2) is 5.18. The Morgan fingerprint density at radius 1 is 1.40 bits per heavy atom. The fourth-order valence-corrected chi connectivity index (χ4v) is 4.02. The maximum absolute atomic E-state index is 14.0. The minimum atomic E-state index is -1.03. The lowest BCUT2D eigenvalue weighted by atomic mass is 9.79. The highest BCUT2D eigenvalue weighted by Crippen LogP contribution is 2.50. The number of benzene rings is 1. The Hall–Kier alpha value is -1.40. The third-order valence-corrected chi connectivity index (χ3v) is 5.10. The van der Waals surface area contributed by atoms with Crippen LogP contribution in [0.2, 0.25) is 5.02 Å². The molecule has 4 unspecified atom stereocenters. The molecule has 104 valence electrons. The molecular formula is C16H15ClFNO. The lowest BCUT2D eigenvalue weighted by Crippen LogP contribution is -2.26. The molecular weight excluding hydrogens is 277 g/mol. The summed E-state index contributed by atoms with van der Waals surface area (Å²) in [5.74, 6) is -0.851. The van der Waals surface area contributed by atoms with Crippen LogP contribution in [0.3, 0.4) is 0 Å². The highest BCUT2D eigenvalue weighted by atomic mass is 35.5. The molecule has 0 amide bonds. The molecule has 0 radical (unpaired) electrons. The lowest BCUT2D eigenvalue weighted by Gasteiger charge is -2.22. The topological polar surface area (TPSA) is 40.9 Å². The summed E-state index contributed by atoms with van der Waals surface area (Å²) in [6.45, 7) is 0. The van der Waals surface area contributed by atoms with Crippen molar-refractivity contribution >= 4 is 17.4 Å². The van der Waals surface area contributed by atoms with Gasteiger partial charge in [0.25, 0.3) is 0 Å². The van der Waals surface area contributed by atoms with Crippen molar-refractivity contribution < 1.29 is 9.18 Å². The number of fused-ring (bicyclic) bond motifs is 2. The van der Waals surface area contributed by atoms with Crippen molar-refractivity contribution in [2.24, 2.45) is 17.8 Å². The molecule has 0 aliphatic heterocycles. The maximum Gasteiger partial charge on any atom is 0.157 e. The van der Waals surface area contributed by atoms with Gasteiger partial charge < -0.3 is 0 Å². The van der Waals surface area contributed by atoms with E-state index in [0.717, 1.165) is 19.3 Å². The van der Waals surface area contributed by atoms with Crippen LogP contribution < -0.4 is 0 Å². The van der Waals surface area contributed by atoms with Crippen molar-refractivity contribution in [2.45, 2.75) is 31.6 Å². The Kier molecular flexibility index (Phi) is 3.52. The van der Waals surface area contributed by atoms with Crippen LogP contribution in [0.5, 0.6) is 0 Å². The number of hydrogen-bond acceptors (Lipinski definition) is 2. The number of rotatable bonds is 3. The van der Waals surface area contributed by atoms with Crippen LogP contribution in [0.1, 0.15) is 37.2 Å². The van der Waals surface area contributed by atoms with Gasteiger partial charge in [0.05, 0.1) is 11.1 Å². The summed E-state index contributed by atoms with van der Waals surface area (Å²) < 4.78 is 14.0. The zero-order valence-electron chi connectivity index (χ0n) is 11.0. The van der Waals surface area contributed by atoms with Crippen molar-refractivity contribution in [3.05, 3.63) is 34.6 Å².